The van der Waals surface area contributed by atoms with E-state index in [0.29, 0.717) is 22.6 Å². The molecule has 1 aliphatic carbocycles. The minimum Gasteiger partial charge on any atom is -0.371 e. The molecule has 3 unspecified atom stereocenters. The van der Waals surface area contributed by atoms with E-state index in [4.69, 9.17) is 0 Å². The number of nitrogens with zero attached hydrogens (tertiary/aromatic N) is 2. The molecule has 3 atom stereocenters. The molecule has 2 N–H and O–H groups in total. The molecule has 0 amide bonds. The van der Waals surface area contributed by atoms with Gasteiger partial charge in [0.2, 0.25) is 0 Å². The molecule has 3 rings (SSSR count). The fraction of sp³-hybridized carbons (Fsp3) is 0.615. The van der Waals surface area contributed by atoms with Crippen LogP contribution in [0, 0.1) is 11.8 Å². The van der Waals surface area contributed by atoms with Crippen molar-refractivity contribution in [3.05, 3.63) is 11.6 Å². The third-order valence-corrected chi connectivity index (χ3v) is 6.75. The summed E-state index contributed by atoms with van der Waals surface area (Å²) in [4.78, 5) is 4.99. The summed E-state index contributed by atoms with van der Waals surface area (Å²) >= 11 is 1.42. The second-order valence-corrected chi connectivity index (χ2v) is 8.21. The molecular formula is C13H20N4O2S2. The highest BCUT2D eigenvalue weighted by Crippen LogP contribution is 2.33. The Morgan fingerprint density at radius 3 is 2.76 bits per heavy atom. The van der Waals surface area contributed by atoms with Crippen molar-refractivity contribution in [1.82, 2.24) is 14.1 Å². The van der Waals surface area contributed by atoms with Gasteiger partial charge < -0.3 is 5.32 Å². The summed E-state index contributed by atoms with van der Waals surface area (Å²) in [6.45, 7) is 4.29. The lowest BCUT2D eigenvalue weighted by atomic mass is 9.98. The SMILES string of the molecule is CNc1nc2sccn2c1S(=O)(=O)NC1CCC(C)C1C. The first-order valence-corrected chi connectivity index (χ1v) is 9.46. The molecule has 1 aliphatic rings. The van der Waals surface area contributed by atoms with Gasteiger partial charge in [-0.1, -0.05) is 13.8 Å². The van der Waals surface area contributed by atoms with E-state index in [1.807, 2.05) is 5.38 Å². The Bertz CT molecular complexity index is 749. The molecular weight excluding hydrogens is 308 g/mol. The zero-order valence-electron chi connectivity index (χ0n) is 12.3. The Hall–Kier alpha value is -1.12. The fourth-order valence-corrected chi connectivity index (χ4v) is 5.39. The number of thiazole rings is 1. The van der Waals surface area contributed by atoms with Crippen molar-refractivity contribution in [2.45, 2.75) is 37.8 Å². The number of aromatic nitrogens is 2. The van der Waals surface area contributed by atoms with E-state index in [1.54, 1.807) is 17.6 Å². The molecule has 0 saturated heterocycles. The van der Waals surface area contributed by atoms with Crippen LogP contribution in [0.2, 0.25) is 0 Å². The molecule has 0 aromatic carbocycles. The van der Waals surface area contributed by atoms with E-state index in [0.717, 1.165) is 12.8 Å². The fourth-order valence-electron chi connectivity index (χ4n) is 2.97. The first kappa shape index (κ1) is 14.8. The second-order valence-electron chi connectivity index (χ2n) is 5.71. The molecule has 0 aliphatic heterocycles. The standard InChI is InChI=1S/C13H20N4O2S2/c1-8-4-5-10(9(8)2)16-21(18,19)12-11(14-3)15-13-17(12)6-7-20-13/h6-10,14,16H,4-5H2,1-3H3. The molecule has 2 aromatic rings. The number of hydrogen-bond donors (Lipinski definition) is 2. The predicted octanol–water partition coefficient (Wildman–Crippen LogP) is 2.15. The Kier molecular flexibility index (Phi) is 3.71. The van der Waals surface area contributed by atoms with Crippen molar-refractivity contribution in [2.24, 2.45) is 11.8 Å². The smallest absolute Gasteiger partial charge is 0.260 e. The molecule has 2 aromatic heterocycles. The molecule has 2 heterocycles. The zero-order chi connectivity index (χ0) is 15.2. The molecule has 8 heteroatoms. The van der Waals surface area contributed by atoms with Crippen molar-refractivity contribution in [1.29, 1.82) is 0 Å². The van der Waals surface area contributed by atoms with Crippen LogP contribution in [0.1, 0.15) is 26.7 Å². The maximum Gasteiger partial charge on any atom is 0.260 e. The van der Waals surface area contributed by atoms with Gasteiger partial charge >= 0.3 is 0 Å². The summed E-state index contributed by atoms with van der Waals surface area (Å²) in [7, 11) is -1.92. The highest BCUT2D eigenvalue weighted by Gasteiger charge is 2.35. The van der Waals surface area contributed by atoms with Crippen molar-refractivity contribution in [3.63, 3.8) is 0 Å². The third-order valence-electron chi connectivity index (χ3n) is 4.48. The lowest BCUT2D eigenvalue weighted by Crippen LogP contribution is -2.38. The number of sulfonamides is 1. The summed E-state index contributed by atoms with van der Waals surface area (Å²) in [6.07, 6.45) is 3.69. The summed E-state index contributed by atoms with van der Waals surface area (Å²) < 4.78 is 30.1. The van der Waals surface area contributed by atoms with Gasteiger partial charge in [-0.15, -0.1) is 11.3 Å². The summed E-state index contributed by atoms with van der Waals surface area (Å²) in [6, 6.07) is -0.00103. The second kappa shape index (κ2) is 5.26. The maximum absolute atomic E-state index is 12.8. The third kappa shape index (κ3) is 2.45. The van der Waals surface area contributed by atoms with Gasteiger partial charge in [-0.3, -0.25) is 4.40 Å². The Morgan fingerprint density at radius 2 is 2.14 bits per heavy atom. The van der Waals surface area contributed by atoms with Crippen LogP contribution in [0.5, 0.6) is 0 Å². The molecule has 0 spiro atoms. The van der Waals surface area contributed by atoms with E-state index in [9.17, 15) is 8.42 Å². The number of fused-ring (bicyclic) bond motifs is 1. The topological polar surface area (TPSA) is 75.5 Å². The first-order valence-electron chi connectivity index (χ1n) is 7.09. The largest absolute Gasteiger partial charge is 0.371 e. The van der Waals surface area contributed by atoms with Crippen LogP contribution in [0.15, 0.2) is 16.6 Å². The molecule has 1 saturated carbocycles. The van der Waals surface area contributed by atoms with Crippen molar-refractivity contribution < 1.29 is 8.42 Å². The van der Waals surface area contributed by atoms with Gasteiger partial charge in [0.1, 0.15) is 0 Å². The first-order chi connectivity index (χ1) is 9.94. The number of imidazole rings is 1. The number of nitrogens with one attached hydrogen (secondary N) is 2. The van der Waals surface area contributed by atoms with E-state index < -0.39 is 10.0 Å². The quantitative estimate of drug-likeness (QED) is 0.902. The Labute approximate surface area is 128 Å². The van der Waals surface area contributed by atoms with Gasteiger partial charge in [-0.2, -0.15) is 0 Å². The normalized spacial score (nSPS) is 26.5. The van der Waals surface area contributed by atoms with E-state index in [-0.39, 0.29) is 11.1 Å². The van der Waals surface area contributed by atoms with Crippen LogP contribution in [-0.2, 0) is 10.0 Å². The minimum atomic E-state index is -3.60. The van der Waals surface area contributed by atoms with Crippen molar-refractivity contribution in [2.75, 3.05) is 12.4 Å². The minimum absolute atomic E-state index is 0.00103. The maximum atomic E-state index is 12.8. The summed E-state index contributed by atoms with van der Waals surface area (Å²) in [5.74, 6) is 1.30. The average molecular weight is 328 g/mol. The zero-order valence-corrected chi connectivity index (χ0v) is 14.0. The number of anilines is 1. The summed E-state index contributed by atoms with van der Waals surface area (Å²) in [5, 5.41) is 4.91. The van der Waals surface area contributed by atoms with Crippen LogP contribution < -0.4 is 10.0 Å². The Morgan fingerprint density at radius 1 is 1.38 bits per heavy atom. The molecule has 21 heavy (non-hydrogen) atoms. The van der Waals surface area contributed by atoms with E-state index in [1.165, 1.54) is 11.3 Å². The predicted molar refractivity (Wildman–Crippen MR) is 84.3 cm³/mol. The molecule has 0 bridgehead atoms. The van der Waals surface area contributed by atoms with Gasteiger partial charge in [0.15, 0.2) is 15.8 Å². The number of hydrogen-bond acceptors (Lipinski definition) is 5. The molecule has 116 valence electrons. The summed E-state index contributed by atoms with van der Waals surface area (Å²) in [5.41, 5.74) is 0. The van der Waals surface area contributed by atoms with Gasteiger partial charge in [-0.25, -0.2) is 18.1 Å². The molecule has 0 radical (unpaired) electrons. The van der Waals surface area contributed by atoms with Crippen LogP contribution in [0.25, 0.3) is 4.96 Å². The van der Waals surface area contributed by atoms with Gasteiger partial charge in [0.25, 0.3) is 10.0 Å². The highest BCUT2D eigenvalue weighted by atomic mass is 32.2. The van der Waals surface area contributed by atoms with Crippen LogP contribution in [0.3, 0.4) is 0 Å². The number of rotatable bonds is 4. The van der Waals surface area contributed by atoms with Gasteiger partial charge in [-0.05, 0) is 24.7 Å². The van der Waals surface area contributed by atoms with E-state index in [2.05, 4.69) is 28.9 Å². The molecule has 1 fully saturated rings. The Balaban J connectivity index is 1.98. The van der Waals surface area contributed by atoms with Crippen LogP contribution >= 0.6 is 11.3 Å². The lowest BCUT2D eigenvalue weighted by molar-refractivity contribution is 0.402. The van der Waals surface area contributed by atoms with Gasteiger partial charge in [0, 0.05) is 24.7 Å². The van der Waals surface area contributed by atoms with Crippen molar-refractivity contribution in [3.8, 4) is 0 Å². The average Bonchev–Trinajstić information content (AvgIpc) is 3.08. The monoisotopic (exact) mass is 328 g/mol. The molecule has 6 nitrogen and oxygen atoms in total. The van der Waals surface area contributed by atoms with Crippen LogP contribution in [-0.4, -0.2) is 30.9 Å². The van der Waals surface area contributed by atoms with Crippen molar-refractivity contribution >= 4 is 32.1 Å². The van der Waals surface area contributed by atoms with Crippen LogP contribution in [0.4, 0.5) is 5.82 Å². The van der Waals surface area contributed by atoms with E-state index >= 15 is 0 Å². The lowest BCUT2D eigenvalue weighted by Gasteiger charge is -2.19. The highest BCUT2D eigenvalue weighted by molar-refractivity contribution is 7.89. The van der Waals surface area contributed by atoms with Gasteiger partial charge in [0.05, 0.1) is 0 Å².